The van der Waals surface area contributed by atoms with Gasteiger partial charge in [0.25, 0.3) is 0 Å². The topological polar surface area (TPSA) is 88.3 Å². The van der Waals surface area contributed by atoms with Gasteiger partial charge >= 0.3 is 0 Å². The van der Waals surface area contributed by atoms with Gasteiger partial charge in [-0.1, -0.05) is 0 Å². The van der Waals surface area contributed by atoms with Crippen molar-refractivity contribution in [2.24, 2.45) is 0 Å². The van der Waals surface area contributed by atoms with E-state index in [1.807, 2.05) is 25.9 Å². The van der Waals surface area contributed by atoms with Crippen molar-refractivity contribution in [1.29, 1.82) is 0 Å². The van der Waals surface area contributed by atoms with Crippen LogP contribution in [0.2, 0.25) is 0 Å². The van der Waals surface area contributed by atoms with E-state index in [1.165, 1.54) is 18.3 Å². The Bertz CT molecular complexity index is 473. The summed E-state index contributed by atoms with van der Waals surface area (Å²) in [5.41, 5.74) is 5.45. The molecule has 0 aliphatic carbocycles. The molecule has 1 heterocycles. The Hall–Kier alpha value is -1.18. The van der Waals surface area contributed by atoms with Crippen molar-refractivity contribution < 1.29 is 8.42 Å². The number of nitrogens with zero attached hydrogens (tertiary/aromatic N) is 2. The van der Waals surface area contributed by atoms with Gasteiger partial charge in [-0.3, -0.25) is 0 Å². The van der Waals surface area contributed by atoms with Gasteiger partial charge in [0.05, 0.1) is 4.90 Å². The van der Waals surface area contributed by atoms with E-state index in [1.54, 1.807) is 0 Å². The van der Waals surface area contributed by atoms with Crippen LogP contribution in [-0.4, -0.2) is 45.0 Å². The minimum absolute atomic E-state index is 0.115. The Morgan fingerprint density at radius 1 is 1.53 bits per heavy atom. The quantitative estimate of drug-likeness (QED) is 0.769. The normalized spacial score (nSPS) is 13.9. The van der Waals surface area contributed by atoms with Crippen molar-refractivity contribution >= 4 is 15.8 Å². The standard InChI is InChI=1S/C10H18N4O2S/c1-8(14(2)3)7-13-17(15,16)9-4-5-12-10(11)6-9/h4-6,8,13H,7H2,1-3H3,(H2,11,12). The zero-order valence-electron chi connectivity index (χ0n) is 10.2. The predicted octanol–water partition coefficient (Wildman–Crippen LogP) is -0.108. The molecule has 17 heavy (non-hydrogen) atoms. The van der Waals surface area contributed by atoms with Crippen molar-refractivity contribution in [2.75, 3.05) is 26.4 Å². The zero-order chi connectivity index (χ0) is 13.1. The molecule has 0 radical (unpaired) electrons. The molecule has 3 N–H and O–H groups in total. The van der Waals surface area contributed by atoms with Gasteiger partial charge in [-0.25, -0.2) is 18.1 Å². The monoisotopic (exact) mass is 258 g/mol. The van der Waals surface area contributed by atoms with Gasteiger partial charge in [0, 0.05) is 24.8 Å². The molecule has 0 fully saturated rings. The number of likely N-dealkylation sites (N-methyl/N-ethyl adjacent to an activating group) is 1. The molecule has 0 aromatic carbocycles. The Labute approximate surface area is 102 Å². The lowest BCUT2D eigenvalue weighted by Crippen LogP contribution is -2.38. The lowest BCUT2D eigenvalue weighted by Gasteiger charge is -2.19. The summed E-state index contributed by atoms with van der Waals surface area (Å²) in [7, 11) is 0.276. The van der Waals surface area contributed by atoms with E-state index in [2.05, 4.69) is 9.71 Å². The number of pyridine rings is 1. The minimum Gasteiger partial charge on any atom is -0.384 e. The molecule has 0 bridgehead atoms. The van der Waals surface area contributed by atoms with Crippen LogP contribution in [-0.2, 0) is 10.0 Å². The molecule has 1 aromatic heterocycles. The molecule has 0 spiro atoms. The number of nitrogen functional groups attached to an aromatic ring is 1. The average molecular weight is 258 g/mol. The van der Waals surface area contributed by atoms with Crippen LogP contribution in [0.4, 0.5) is 5.82 Å². The molecule has 1 unspecified atom stereocenters. The highest BCUT2D eigenvalue weighted by Gasteiger charge is 2.16. The van der Waals surface area contributed by atoms with E-state index in [0.717, 1.165) is 0 Å². The van der Waals surface area contributed by atoms with E-state index in [0.29, 0.717) is 6.54 Å². The first kappa shape index (κ1) is 13.9. The first-order valence-electron chi connectivity index (χ1n) is 5.20. The second kappa shape index (κ2) is 5.44. The van der Waals surface area contributed by atoms with Crippen molar-refractivity contribution in [1.82, 2.24) is 14.6 Å². The number of hydrogen-bond acceptors (Lipinski definition) is 5. The highest BCUT2D eigenvalue weighted by Crippen LogP contribution is 2.10. The summed E-state index contributed by atoms with van der Waals surface area (Å²) >= 11 is 0. The summed E-state index contributed by atoms with van der Waals surface area (Å²) in [4.78, 5) is 5.82. The van der Waals surface area contributed by atoms with Crippen LogP contribution in [0.25, 0.3) is 0 Å². The smallest absolute Gasteiger partial charge is 0.240 e. The summed E-state index contributed by atoms with van der Waals surface area (Å²) in [5.74, 6) is 0.188. The molecule has 96 valence electrons. The Kier molecular flexibility index (Phi) is 4.44. The van der Waals surface area contributed by atoms with Crippen LogP contribution < -0.4 is 10.5 Å². The van der Waals surface area contributed by atoms with Crippen molar-refractivity contribution in [3.05, 3.63) is 18.3 Å². The highest BCUT2D eigenvalue weighted by atomic mass is 32.2. The van der Waals surface area contributed by atoms with Gasteiger partial charge < -0.3 is 10.6 Å². The Balaban J connectivity index is 2.76. The lowest BCUT2D eigenvalue weighted by atomic mass is 10.3. The fourth-order valence-electron chi connectivity index (χ4n) is 1.09. The number of aromatic nitrogens is 1. The van der Waals surface area contributed by atoms with E-state index < -0.39 is 10.0 Å². The number of nitrogens with one attached hydrogen (secondary N) is 1. The molecule has 6 nitrogen and oxygen atoms in total. The van der Waals surface area contributed by atoms with Gasteiger partial charge in [-0.15, -0.1) is 0 Å². The minimum atomic E-state index is -3.51. The van der Waals surface area contributed by atoms with Gasteiger partial charge in [0.15, 0.2) is 0 Å². The number of sulfonamides is 1. The third-order valence-electron chi connectivity index (χ3n) is 2.51. The van der Waals surface area contributed by atoms with Gasteiger partial charge in [-0.05, 0) is 27.1 Å². The third kappa shape index (κ3) is 3.95. The van der Waals surface area contributed by atoms with Crippen LogP contribution in [0.5, 0.6) is 0 Å². The molecule has 1 aromatic rings. The maximum absolute atomic E-state index is 11.9. The van der Waals surface area contributed by atoms with Crippen LogP contribution in [0.3, 0.4) is 0 Å². The average Bonchev–Trinajstić information content (AvgIpc) is 2.26. The number of rotatable bonds is 5. The van der Waals surface area contributed by atoms with E-state index in [-0.39, 0.29) is 16.8 Å². The Morgan fingerprint density at radius 3 is 2.71 bits per heavy atom. The summed E-state index contributed by atoms with van der Waals surface area (Å²) in [6.45, 7) is 2.28. The fourth-order valence-corrected chi connectivity index (χ4v) is 2.23. The van der Waals surface area contributed by atoms with E-state index in [9.17, 15) is 8.42 Å². The summed E-state index contributed by atoms with van der Waals surface area (Å²) in [5, 5.41) is 0. The molecule has 7 heteroatoms. The molecular formula is C10H18N4O2S. The molecule has 0 saturated carbocycles. The highest BCUT2D eigenvalue weighted by molar-refractivity contribution is 7.89. The van der Waals surface area contributed by atoms with Crippen molar-refractivity contribution in [2.45, 2.75) is 17.9 Å². The van der Waals surface area contributed by atoms with Crippen molar-refractivity contribution in [3.8, 4) is 0 Å². The largest absolute Gasteiger partial charge is 0.384 e. The van der Waals surface area contributed by atoms with Crippen LogP contribution in [0.1, 0.15) is 6.92 Å². The lowest BCUT2D eigenvalue weighted by molar-refractivity contribution is 0.314. The summed E-state index contributed by atoms with van der Waals surface area (Å²) < 4.78 is 26.3. The third-order valence-corrected chi connectivity index (χ3v) is 3.93. The maximum atomic E-state index is 11.9. The molecule has 0 saturated heterocycles. The zero-order valence-corrected chi connectivity index (χ0v) is 11.0. The number of hydrogen-bond donors (Lipinski definition) is 2. The van der Waals surface area contributed by atoms with Crippen LogP contribution >= 0.6 is 0 Å². The van der Waals surface area contributed by atoms with Gasteiger partial charge in [0.1, 0.15) is 5.82 Å². The van der Waals surface area contributed by atoms with Gasteiger partial charge in [0.2, 0.25) is 10.0 Å². The molecule has 0 aliphatic rings. The van der Waals surface area contributed by atoms with E-state index in [4.69, 9.17) is 5.73 Å². The Morgan fingerprint density at radius 2 is 2.18 bits per heavy atom. The maximum Gasteiger partial charge on any atom is 0.240 e. The number of nitrogens with two attached hydrogens (primary N) is 1. The first-order valence-corrected chi connectivity index (χ1v) is 6.69. The second-order valence-corrected chi connectivity index (χ2v) is 5.85. The molecule has 0 amide bonds. The molecule has 1 atom stereocenters. The fraction of sp³-hybridized carbons (Fsp3) is 0.500. The molecule has 1 rings (SSSR count). The van der Waals surface area contributed by atoms with Crippen LogP contribution in [0, 0.1) is 0 Å². The molecular weight excluding hydrogens is 240 g/mol. The van der Waals surface area contributed by atoms with E-state index >= 15 is 0 Å². The van der Waals surface area contributed by atoms with Crippen LogP contribution in [0.15, 0.2) is 23.2 Å². The summed E-state index contributed by atoms with van der Waals surface area (Å²) in [6.07, 6.45) is 1.37. The first-order chi connectivity index (χ1) is 7.83. The SMILES string of the molecule is CC(CNS(=O)(=O)c1ccnc(N)c1)N(C)C. The molecule has 0 aliphatic heterocycles. The van der Waals surface area contributed by atoms with Gasteiger partial charge in [-0.2, -0.15) is 0 Å². The summed E-state index contributed by atoms with van der Waals surface area (Å²) in [6, 6.07) is 2.87. The van der Waals surface area contributed by atoms with Crippen molar-refractivity contribution in [3.63, 3.8) is 0 Å². The number of anilines is 1. The second-order valence-electron chi connectivity index (χ2n) is 4.08. The predicted molar refractivity (Wildman–Crippen MR) is 67.0 cm³/mol.